The molecular formula is C16H24N2O. The van der Waals surface area contributed by atoms with E-state index in [0.29, 0.717) is 0 Å². The molecule has 1 aromatic rings. The summed E-state index contributed by atoms with van der Waals surface area (Å²) >= 11 is 0. The number of nitrogen functional groups attached to an aromatic ring is 1. The number of hydrogen-bond acceptors (Lipinski definition) is 2. The van der Waals surface area contributed by atoms with E-state index >= 15 is 0 Å². The molecule has 1 aromatic carbocycles. The number of amides is 1. The number of anilines is 2. The van der Waals surface area contributed by atoms with E-state index in [2.05, 4.69) is 39.9 Å². The van der Waals surface area contributed by atoms with E-state index in [9.17, 15) is 4.79 Å². The monoisotopic (exact) mass is 260 g/mol. The largest absolute Gasteiger partial charge is 0.398 e. The Kier molecular flexibility index (Phi) is 3.12. The second kappa shape index (κ2) is 4.26. The number of carbonyl (C=O) groups excluding carboxylic acids is 1. The van der Waals surface area contributed by atoms with Crippen LogP contribution in [0.2, 0.25) is 0 Å². The zero-order valence-corrected chi connectivity index (χ0v) is 12.5. The van der Waals surface area contributed by atoms with Crippen molar-refractivity contribution in [1.29, 1.82) is 0 Å². The Morgan fingerprint density at radius 1 is 1.26 bits per heavy atom. The number of hydrogen-bond donors (Lipinski definition) is 2. The number of nitrogens with two attached hydrogens (primary N) is 1. The first kappa shape index (κ1) is 13.9. The van der Waals surface area contributed by atoms with E-state index in [0.717, 1.165) is 23.4 Å². The van der Waals surface area contributed by atoms with Gasteiger partial charge in [-0.05, 0) is 34.9 Å². The van der Waals surface area contributed by atoms with E-state index in [1.165, 1.54) is 0 Å². The zero-order chi connectivity index (χ0) is 14.4. The molecule has 0 heterocycles. The second-order valence-electron chi connectivity index (χ2n) is 6.63. The van der Waals surface area contributed by atoms with Crippen LogP contribution in [0.4, 0.5) is 11.4 Å². The lowest BCUT2D eigenvalue weighted by atomic mass is 10.0. The summed E-state index contributed by atoms with van der Waals surface area (Å²) in [5, 5.41) is 2.99. The van der Waals surface area contributed by atoms with Gasteiger partial charge in [0.2, 0.25) is 5.91 Å². The molecule has 0 spiro atoms. The van der Waals surface area contributed by atoms with Crippen molar-refractivity contribution in [2.45, 2.75) is 41.0 Å². The fourth-order valence-corrected chi connectivity index (χ4v) is 3.06. The predicted octanol–water partition coefficient (Wildman–Crippen LogP) is 3.45. The predicted molar refractivity (Wildman–Crippen MR) is 79.9 cm³/mol. The zero-order valence-electron chi connectivity index (χ0n) is 12.5. The highest BCUT2D eigenvalue weighted by atomic mass is 16.2. The first-order valence-electron chi connectivity index (χ1n) is 6.91. The first-order chi connectivity index (χ1) is 8.71. The average Bonchev–Trinajstić information content (AvgIpc) is 2.69. The van der Waals surface area contributed by atoms with Crippen LogP contribution in [0.1, 0.15) is 40.2 Å². The van der Waals surface area contributed by atoms with Crippen LogP contribution in [0.25, 0.3) is 0 Å². The molecule has 0 radical (unpaired) electrons. The van der Waals surface area contributed by atoms with Crippen LogP contribution in [0.3, 0.4) is 0 Å². The van der Waals surface area contributed by atoms with Crippen molar-refractivity contribution in [3.05, 3.63) is 23.8 Å². The Hall–Kier alpha value is -1.51. The Morgan fingerprint density at radius 3 is 2.26 bits per heavy atom. The van der Waals surface area contributed by atoms with Crippen LogP contribution < -0.4 is 11.1 Å². The van der Waals surface area contributed by atoms with Crippen molar-refractivity contribution in [3.63, 3.8) is 0 Å². The lowest BCUT2D eigenvalue weighted by molar-refractivity contribution is -0.118. The second-order valence-corrected chi connectivity index (χ2v) is 6.63. The number of benzene rings is 1. The molecule has 0 atom stereocenters. The minimum Gasteiger partial charge on any atom is -0.398 e. The van der Waals surface area contributed by atoms with Crippen molar-refractivity contribution >= 4 is 17.3 Å². The molecule has 3 N–H and O–H groups in total. The average molecular weight is 260 g/mol. The van der Waals surface area contributed by atoms with E-state index in [1.807, 2.05) is 18.2 Å². The minimum atomic E-state index is 0.0615. The molecule has 0 aromatic heterocycles. The smallest absolute Gasteiger partial charge is 0.228 e. The maximum Gasteiger partial charge on any atom is 0.228 e. The molecule has 0 aliphatic heterocycles. The molecule has 1 fully saturated rings. The third-order valence-corrected chi connectivity index (χ3v) is 5.08. The van der Waals surface area contributed by atoms with Gasteiger partial charge in [-0.3, -0.25) is 4.79 Å². The molecule has 0 saturated heterocycles. The molecule has 0 bridgehead atoms. The number of nitrogens with one attached hydrogen (secondary N) is 1. The summed E-state index contributed by atoms with van der Waals surface area (Å²) in [6.45, 7) is 10.6. The standard InChI is InChI=1S/C16H24N2O/c1-6-10-7-8-11(9-12(10)17)18-14(19)13-15(2,3)16(13,4)5/h7-9,13H,6,17H2,1-5H3,(H,18,19). The topological polar surface area (TPSA) is 55.1 Å². The highest BCUT2D eigenvalue weighted by molar-refractivity contribution is 5.96. The van der Waals surface area contributed by atoms with Crippen LogP contribution in [-0.4, -0.2) is 5.91 Å². The fraction of sp³-hybridized carbons (Fsp3) is 0.562. The minimum absolute atomic E-state index is 0.0615. The van der Waals surface area contributed by atoms with Crippen molar-refractivity contribution < 1.29 is 4.79 Å². The molecule has 3 heteroatoms. The third kappa shape index (κ3) is 2.11. The Morgan fingerprint density at radius 2 is 1.84 bits per heavy atom. The normalized spacial score (nSPS) is 20.1. The van der Waals surface area contributed by atoms with Gasteiger partial charge in [0.25, 0.3) is 0 Å². The van der Waals surface area contributed by atoms with Crippen LogP contribution in [0.15, 0.2) is 18.2 Å². The molecule has 3 nitrogen and oxygen atoms in total. The van der Waals surface area contributed by atoms with Crippen molar-refractivity contribution in [1.82, 2.24) is 0 Å². The van der Waals surface area contributed by atoms with Gasteiger partial charge in [0.15, 0.2) is 0 Å². The molecule has 19 heavy (non-hydrogen) atoms. The summed E-state index contributed by atoms with van der Waals surface area (Å²) in [5.41, 5.74) is 8.73. The van der Waals surface area contributed by atoms with Gasteiger partial charge >= 0.3 is 0 Å². The van der Waals surface area contributed by atoms with Crippen LogP contribution in [0, 0.1) is 16.7 Å². The van der Waals surface area contributed by atoms with Gasteiger partial charge < -0.3 is 11.1 Å². The van der Waals surface area contributed by atoms with Crippen molar-refractivity contribution in [2.75, 3.05) is 11.1 Å². The molecule has 0 unspecified atom stereocenters. The Labute approximate surface area is 115 Å². The maximum atomic E-state index is 12.3. The highest BCUT2D eigenvalue weighted by Gasteiger charge is 2.68. The van der Waals surface area contributed by atoms with Gasteiger partial charge in [0.05, 0.1) is 0 Å². The Bertz CT molecular complexity index is 503. The molecule has 104 valence electrons. The lowest BCUT2D eigenvalue weighted by Crippen LogP contribution is -2.17. The molecule has 1 saturated carbocycles. The number of carbonyl (C=O) groups is 1. The van der Waals surface area contributed by atoms with E-state index in [4.69, 9.17) is 5.73 Å². The van der Waals surface area contributed by atoms with Gasteiger partial charge in [-0.25, -0.2) is 0 Å². The molecular weight excluding hydrogens is 236 g/mol. The molecule has 1 aliphatic rings. The van der Waals surface area contributed by atoms with Gasteiger partial charge in [-0.15, -0.1) is 0 Å². The summed E-state index contributed by atoms with van der Waals surface area (Å²) in [7, 11) is 0. The van der Waals surface area contributed by atoms with Gasteiger partial charge in [0, 0.05) is 17.3 Å². The van der Waals surface area contributed by atoms with Gasteiger partial charge in [-0.2, -0.15) is 0 Å². The number of rotatable bonds is 3. The molecule has 2 rings (SSSR count). The lowest BCUT2D eigenvalue weighted by Gasteiger charge is -2.09. The van der Waals surface area contributed by atoms with Gasteiger partial charge in [0.1, 0.15) is 0 Å². The third-order valence-electron chi connectivity index (χ3n) is 5.08. The number of aryl methyl sites for hydroxylation is 1. The Balaban J connectivity index is 2.11. The van der Waals surface area contributed by atoms with E-state index in [1.54, 1.807) is 0 Å². The summed E-state index contributed by atoms with van der Waals surface area (Å²) in [4.78, 5) is 12.3. The summed E-state index contributed by atoms with van der Waals surface area (Å²) < 4.78 is 0. The van der Waals surface area contributed by atoms with E-state index in [-0.39, 0.29) is 22.7 Å². The maximum absolute atomic E-state index is 12.3. The van der Waals surface area contributed by atoms with Crippen molar-refractivity contribution in [2.24, 2.45) is 16.7 Å². The first-order valence-corrected chi connectivity index (χ1v) is 6.91. The van der Waals surface area contributed by atoms with Crippen LogP contribution in [-0.2, 0) is 11.2 Å². The summed E-state index contributed by atoms with van der Waals surface area (Å²) in [6.07, 6.45) is 0.906. The molecule has 1 amide bonds. The van der Waals surface area contributed by atoms with Gasteiger partial charge in [-0.1, -0.05) is 40.7 Å². The van der Waals surface area contributed by atoms with Crippen molar-refractivity contribution in [3.8, 4) is 0 Å². The van der Waals surface area contributed by atoms with E-state index < -0.39 is 0 Å². The summed E-state index contributed by atoms with van der Waals surface area (Å²) in [5.74, 6) is 0.158. The molecule has 1 aliphatic carbocycles. The van der Waals surface area contributed by atoms with Crippen LogP contribution in [0.5, 0.6) is 0 Å². The fourth-order valence-electron chi connectivity index (χ4n) is 3.06. The highest BCUT2D eigenvalue weighted by Crippen LogP contribution is 2.68. The van der Waals surface area contributed by atoms with Crippen LogP contribution >= 0.6 is 0 Å². The quantitative estimate of drug-likeness (QED) is 0.818. The SMILES string of the molecule is CCc1ccc(NC(=O)C2C(C)(C)C2(C)C)cc1N. The summed E-state index contributed by atoms with van der Waals surface area (Å²) in [6, 6.07) is 5.75.